The number of halogens is 1. The molecule has 0 atom stereocenters. The van der Waals surface area contributed by atoms with Gasteiger partial charge in [-0.15, -0.1) is 11.6 Å². The predicted octanol–water partition coefficient (Wildman–Crippen LogP) is 2.25. The summed E-state index contributed by atoms with van der Waals surface area (Å²) >= 11 is 5.66. The summed E-state index contributed by atoms with van der Waals surface area (Å²) in [5, 5.41) is 0. The maximum atomic E-state index is 5.66. The molecule has 0 unspecified atom stereocenters. The van der Waals surface area contributed by atoms with Gasteiger partial charge in [-0.3, -0.25) is 0 Å². The third-order valence-electron chi connectivity index (χ3n) is 2.07. The normalized spacial score (nSPS) is 10.5. The Bertz CT molecular complexity index is 292. The second kappa shape index (κ2) is 9.22. The molecule has 0 saturated carbocycles. The van der Waals surface area contributed by atoms with E-state index in [0.29, 0.717) is 38.2 Å². The summed E-state index contributed by atoms with van der Waals surface area (Å²) in [6.45, 7) is 2.52. The van der Waals surface area contributed by atoms with Gasteiger partial charge in [0.05, 0.1) is 19.8 Å². The summed E-state index contributed by atoms with van der Waals surface area (Å²) in [6.07, 6.45) is 2.56. The first-order valence-electron chi connectivity index (χ1n) is 5.57. The van der Waals surface area contributed by atoms with Crippen LogP contribution in [0.1, 0.15) is 12.0 Å². The number of hydrogen-bond donors (Lipinski definition) is 0. The summed E-state index contributed by atoms with van der Waals surface area (Å²) < 4.78 is 15.6. The van der Waals surface area contributed by atoms with Gasteiger partial charge < -0.3 is 14.2 Å². The molecule has 1 heterocycles. The number of alkyl halides is 1. The number of nitrogens with zero attached hydrogens (tertiary/aromatic N) is 1. The van der Waals surface area contributed by atoms with E-state index in [9.17, 15) is 0 Å². The lowest BCUT2D eigenvalue weighted by molar-refractivity contribution is 0.0642. The highest BCUT2D eigenvalue weighted by Crippen LogP contribution is 2.09. The van der Waals surface area contributed by atoms with Crippen molar-refractivity contribution < 1.29 is 14.2 Å². The van der Waals surface area contributed by atoms with Gasteiger partial charge in [0.15, 0.2) is 0 Å². The van der Waals surface area contributed by atoms with Gasteiger partial charge in [-0.2, -0.15) is 0 Å². The number of hydrogen-bond acceptors (Lipinski definition) is 4. The Kier molecular flexibility index (Phi) is 7.71. The molecule has 1 aromatic heterocycles. The number of aromatic nitrogens is 1. The molecule has 0 radical (unpaired) electrons. The van der Waals surface area contributed by atoms with Crippen molar-refractivity contribution in [3.05, 3.63) is 23.9 Å². The molecule has 1 rings (SSSR count). The van der Waals surface area contributed by atoms with E-state index in [1.807, 2.05) is 12.1 Å². The van der Waals surface area contributed by atoms with Crippen LogP contribution in [0.25, 0.3) is 0 Å². The fraction of sp³-hybridized carbons (Fsp3) is 0.583. The molecule has 0 spiro atoms. The number of methoxy groups -OCH3 is 1. The van der Waals surface area contributed by atoms with E-state index in [0.717, 1.165) is 12.0 Å². The van der Waals surface area contributed by atoms with Crippen LogP contribution in [0.15, 0.2) is 18.3 Å². The average molecular weight is 260 g/mol. The quantitative estimate of drug-likeness (QED) is 0.504. The van der Waals surface area contributed by atoms with Crippen LogP contribution >= 0.6 is 11.6 Å². The zero-order valence-electron chi connectivity index (χ0n) is 10.0. The van der Waals surface area contributed by atoms with Crippen molar-refractivity contribution in [2.75, 3.05) is 33.5 Å². The van der Waals surface area contributed by atoms with E-state index in [4.69, 9.17) is 25.8 Å². The summed E-state index contributed by atoms with van der Waals surface area (Å²) in [4.78, 5) is 4.13. The Hall–Kier alpha value is -0.840. The Morgan fingerprint density at radius 3 is 2.71 bits per heavy atom. The Morgan fingerprint density at radius 1 is 1.18 bits per heavy atom. The standard InChI is InChI=1S/C12H18ClNO3/c1-15-7-8-16-5-2-6-17-12-4-3-11(9-13)10-14-12/h3-4,10H,2,5-9H2,1H3. The second-order valence-corrected chi connectivity index (χ2v) is 3.71. The summed E-state index contributed by atoms with van der Waals surface area (Å²) in [5.74, 6) is 1.09. The fourth-order valence-electron chi connectivity index (χ4n) is 1.16. The lowest BCUT2D eigenvalue weighted by Gasteiger charge is -2.06. The Balaban J connectivity index is 2.05. The van der Waals surface area contributed by atoms with Crippen molar-refractivity contribution in [1.82, 2.24) is 4.98 Å². The summed E-state index contributed by atoms with van der Waals surface area (Å²) in [7, 11) is 1.66. The number of pyridine rings is 1. The predicted molar refractivity (Wildman–Crippen MR) is 66.6 cm³/mol. The lowest BCUT2D eigenvalue weighted by atomic mass is 10.3. The van der Waals surface area contributed by atoms with Crippen molar-refractivity contribution in [2.45, 2.75) is 12.3 Å². The molecule has 0 aromatic carbocycles. The molecule has 0 aliphatic carbocycles. The van der Waals surface area contributed by atoms with Crippen LogP contribution in [0.5, 0.6) is 5.88 Å². The van der Waals surface area contributed by atoms with Crippen LogP contribution < -0.4 is 4.74 Å². The molecule has 0 saturated heterocycles. The minimum absolute atomic E-state index is 0.473. The smallest absolute Gasteiger partial charge is 0.213 e. The van der Waals surface area contributed by atoms with Crippen LogP contribution in [0.4, 0.5) is 0 Å². The number of ether oxygens (including phenoxy) is 3. The molecular formula is C12H18ClNO3. The maximum Gasteiger partial charge on any atom is 0.213 e. The van der Waals surface area contributed by atoms with Gasteiger partial charge in [-0.05, 0) is 5.56 Å². The van der Waals surface area contributed by atoms with Crippen molar-refractivity contribution >= 4 is 11.6 Å². The van der Waals surface area contributed by atoms with Crippen LogP contribution in [-0.4, -0.2) is 38.5 Å². The molecule has 17 heavy (non-hydrogen) atoms. The van der Waals surface area contributed by atoms with Crippen LogP contribution in [-0.2, 0) is 15.4 Å². The van der Waals surface area contributed by atoms with Gasteiger partial charge in [0.2, 0.25) is 5.88 Å². The van der Waals surface area contributed by atoms with E-state index >= 15 is 0 Å². The summed E-state index contributed by atoms with van der Waals surface area (Å²) in [5.41, 5.74) is 0.988. The van der Waals surface area contributed by atoms with Gasteiger partial charge in [-0.25, -0.2) is 4.98 Å². The SMILES string of the molecule is COCCOCCCOc1ccc(CCl)cn1. The van der Waals surface area contributed by atoms with Crippen LogP contribution in [0.2, 0.25) is 0 Å². The Labute approximate surface area is 107 Å². The monoisotopic (exact) mass is 259 g/mol. The van der Waals surface area contributed by atoms with Crippen molar-refractivity contribution in [3.8, 4) is 5.88 Å². The molecule has 5 heteroatoms. The Morgan fingerprint density at radius 2 is 2.06 bits per heavy atom. The second-order valence-electron chi connectivity index (χ2n) is 3.45. The molecule has 4 nitrogen and oxygen atoms in total. The summed E-state index contributed by atoms with van der Waals surface area (Å²) in [6, 6.07) is 3.73. The van der Waals surface area contributed by atoms with Gasteiger partial charge >= 0.3 is 0 Å². The molecule has 1 aromatic rings. The third-order valence-corrected chi connectivity index (χ3v) is 2.38. The van der Waals surface area contributed by atoms with Gasteiger partial charge in [-0.1, -0.05) is 6.07 Å². The molecule has 96 valence electrons. The minimum Gasteiger partial charge on any atom is -0.478 e. The molecule has 0 amide bonds. The third kappa shape index (κ3) is 6.46. The lowest BCUT2D eigenvalue weighted by Crippen LogP contribution is -2.07. The molecule has 0 fully saturated rings. The van der Waals surface area contributed by atoms with Crippen molar-refractivity contribution in [2.24, 2.45) is 0 Å². The first kappa shape index (κ1) is 14.2. The van der Waals surface area contributed by atoms with E-state index in [2.05, 4.69) is 4.98 Å². The zero-order valence-corrected chi connectivity index (χ0v) is 10.8. The molecule has 0 bridgehead atoms. The van der Waals surface area contributed by atoms with E-state index in [1.54, 1.807) is 13.3 Å². The maximum absolute atomic E-state index is 5.66. The molecular weight excluding hydrogens is 242 g/mol. The van der Waals surface area contributed by atoms with Crippen molar-refractivity contribution in [3.63, 3.8) is 0 Å². The molecule has 0 aliphatic rings. The number of rotatable bonds is 9. The fourth-order valence-corrected chi connectivity index (χ4v) is 1.32. The topological polar surface area (TPSA) is 40.6 Å². The molecule has 0 N–H and O–H groups in total. The highest BCUT2D eigenvalue weighted by atomic mass is 35.5. The van der Waals surface area contributed by atoms with E-state index in [-0.39, 0.29) is 0 Å². The first-order chi connectivity index (χ1) is 8.36. The van der Waals surface area contributed by atoms with Crippen molar-refractivity contribution in [1.29, 1.82) is 0 Å². The largest absolute Gasteiger partial charge is 0.478 e. The highest BCUT2D eigenvalue weighted by molar-refractivity contribution is 6.17. The van der Waals surface area contributed by atoms with E-state index in [1.165, 1.54) is 0 Å². The zero-order chi connectivity index (χ0) is 12.3. The van der Waals surface area contributed by atoms with Gasteiger partial charge in [0.25, 0.3) is 0 Å². The van der Waals surface area contributed by atoms with Gasteiger partial charge in [0, 0.05) is 38.3 Å². The van der Waals surface area contributed by atoms with E-state index < -0.39 is 0 Å². The average Bonchev–Trinajstić information content (AvgIpc) is 2.38. The minimum atomic E-state index is 0.473. The highest BCUT2D eigenvalue weighted by Gasteiger charge is 1.96. The van der Waals surface area contributed by atoms with Gasteiger partial charge in [0.1, 0.15) is 0 Å². The molecule has 0 aliphatic heterocycles. The van der Waals surface area contributed by atoms with Crippen LogP contribution in [0, 0.1) is 0 Å². The first-order valence-corrected chi connectivity index (χ1v) is 6.10. The van der Waals surface area contributed by atoms with Crippen LogP contribution in [0.3, 0.4) is 0 Å².